The van der Waals surface area contributed by atoms with Crippen molar-refractivity contribution >= 4 is 0 Å². The predicted molar refractivity (Wildman–Crippen MR) is 68.7 cm³/mol. The number of hydrogen-bond donors (Lipinski definition) is 2. The molecule has 0 heterocycles. The second-order valence-electron chi connectivity index (χ2n) is 4.72. The molecule has 19 heavy (non-hydrogen) atoms. The molecule has 0 aromatic heterocycles. The van der Waals surface area contributed by atoms with E-state index in [2.05, 4.69) is 5.32 Å². The highest BCUT2D eigenvalue weighted by molar-refractivity contribution is 5.14. The Morgan fingerprint density at radius 2 is 1.79 bits per heavy atom. The van der Waals surface area contributed by atoms with Gasteiger partial charge < -0.3 is 10.4 Å². The Morgan fingerprint density at radius 3 is 2.32 bits per heavy atom. The quantitative estimate of drug-likeness (QED) is 0.800. The van der Waals surface area contributed by atoms with Crippen LogP contribution in [-0.4, -0.2) is 23.4 Å². The Bertz CT molecular complexity index is 367. The second-order valence-corrected chi connectivity index (χ2v) is 4.72. The van der Waals surface area contributed by atoms with Gasteiger partial charge in [0.05, 0.1) is 0 Å². The van der Waals surface area contributed by atoms with Gasteiger partial charge in [-0.15, -0.1) is 0 Å². The lowest BCUT2D eigenvalue weighted by molar-refractivity contribution is -0.260. The number of aliphatic hydroxyl groups is 1. The molecular weight excluding hydrogens is 255 g/mol. The molecule has 0 saturated heterocycles. The zero-order valence-electron chi connectivity index (χ0n) is 11.0. The molecule has 2 N–H and O–H groups in total. The fraction of sp³-hybridized carbons (Fsp3) is 0.571. The Kier molecular flexibility index (Phi) is 5.82. The SMILES string of the molecule is CCCC[C@](O)(CNCc1ccccc1)C(F)(F)F. The third-order valence-electron chi connectivity index (χ3n) is 3.06. The average Bonchev–Trinajstić information content (AvgIpc) is 2.36. The molecule has 0 aliphatic heterocycles. The molecule has 0 radical (unpaired) electrons. The minimum atomic E-state index is -4.61. The van der Waals surface area contributed by atoms with Gasteiger partial charge in [0.2, 0.25) is 0 Å². The number of rotatable bonds is 7. The van der Waals surface area contributed by atoms with E-state index in [1.807, 2.05) is 30.3 Å². The fourth-order valence-corrected chi connectivity index (χ4v) is 1.81. The molecule has 1 atom stereocenters. The summed E-state index contributed by atoms with van der Waals surface area (Å²) < 4.78 is 38.6. The van der Waals surface area contributed by atoms with Crippen molar-refractivity contribution in [3.8, 4) is 0 Å². The van der Waals surface area contributed by atoms with Crippen LogP contribution in [0.25, 0.3) is 0 Å². The highest BCUT2D eigenvalue weighted by atomic mass is 19.4. The smallest absolute Gasteiger partial charge is 0.379 e. The van der Waals surface area contributed by atoms with Crippen molar-refractivity contribution in [2.45, 2.75) is 44.5 Å². The molecule has 0 spiro atoms. The van der Waals surface area contributed by atoms with Crippen LogP contribution in [0, 0.1) is 0 Å². The van der Waals surface area contributed by atoms with Crippen LogP contribution < -0.4 is 5.32 Å². The topological polar surface area (TPSA) is 32.3 Å². The number of hydrogen-bond acceptors (Lipinski definition) is 2. The fourth-order valence-electron chi connectivity index (χ4n) is 1.81. The summed E-state index contributed by atoms with van der Waals surface area (Å²) in [7, 11) is 0. The molecule has 0 amide bonds. The van der Waals surface area contributed by atoms with Gasteiger partial charge in [0, 0.05) is 13.1 Å². The number of benzene rings is 1. The lowest BCUT2D eigenvalue weighted by Crippen LogP contribution is -2.52. The van der Waals surface area contributed by atoms with Crippen molar-refractivity contribution in [1.29, 1.82) is 0 Å². The van der Waals surface area contributed by atoms with Crippen LogP contribution in [0.1, 0.15) is 31.7 Å². The molecule has 1 aromatic rings. The summed E-state index contributed by atoms with van der Waals surface area (Å²) in [6.45, 7) is 1.63. The maximum Gasteiger partial charge on any atom is 0.418 e. The van der Waals surface area contributed by atoms with E-state index in [9.17, 15) is 18.3 Å². The number of nitrogens with one attached hydrogen (secondary N) is 1. The van der Waals surface area contributed by atoms with Gasteiger partial charge in [0.1, 0.15) is 0 Å². The van der Waals surface area contributed by atoms with Gasteiger partial charge in [-0.05, 0) is 12.0 Å². The van der Waals surface area contributed by atoms with Crippen LogP contribution in [0.2, 0.25) is 0 Å². The molecule has 0 unspecified atom stereocenters. The molecule has 5 heteroatoms. The lowest BCUT2D eigenvalue weighted by Gasteiger charge is -2.30. The van der Waals surface area contributed by atoms with Gasteiger partial charge in [-0.3, -0.25) is 0 Å². The number of halogens is 3. The Morgan fingerprint density at radius 1 is 1.16 bits per heavy atom. The number of alkyl halides is 3. The molecule has 0 aliphatic carbocycles. The van der Waals surface area contributed by atoms with Crippen LogP contribution in [0.3, 0.4) is 0 Å². The van der Waals surface area contributed by atoms with E-state index in [1.165, 1.54) is 0 Å². The van der Waals surface area contributed by atoms with Crippen molar-refractivity contribution in [1.82, 2.24) is 5.32 Å². The number of unbranched alkanes of at least 4 members (excludes halogenated alkanes) is 1. The van der Waals surface area contributed by atoms with E-state index in [4.69, 9.17) is 0 Å². The van der Waals surface area contributed by atoms with E-state index < -0.39 is 18.3 Å². The second kappa shape index (κ2) is 6.91. The molecule has 2 nitrogen and oxygen atoms in total. The van der Waals surface area contributed by atoms with Crippen LogP contribution in [0.5, 0.6) is 0 Å². The molecule has 1 aromatic carbocycles. The van der Waals surface area contributed by atoms with Crippen LogP contribution in [-0.2, 0) is 6.54 Å². The third-order valence-corrected chi connectivity index (χ3v) is 3.06. The lowest BCUT2D eigenvalue weighted by atomic mass is 9.96. The van der Waals surface area contributed by atoms with Crippen molar-refractivity contribution < 1.29 is 18.3 Å². The maximum atomic E-state index is 12.9. The van der Waals surface area contributed by atoms with Crippen molar-refractivity contribution in [3.05, 3.63) is 35.9 Å². The molecule has 0 fully saturated rings. The van der Waals surface area contributed by atoms with Crippen LogP contribution in [0.15, 0.2) is 30.3 Å². The van der Waals surface area contributed by atoms with Gasteiger partial charge in [-0.25, -0.2) is 0 Å². The molecule has 1 rings (SSSR count). The van der Waals surface area contributed by atoms with Crippen LogP contribution in [0.4, 0.5) is 13.2 Å². The van der Waals surface area contributed by atoms with E-state index in [-0.39, 0.29) is 6.42 Å². The van der Waals surface area contributed by atoms with E-state index in [1.54, 1.807) is 6.92 Å². The molecular formula is C14H20F3NO. The monoisotopic (exact) mass is 275 g/mol. The highest BCUT2D eigenvalue weighted by Gasteiger charge is 2.52. The first-order valence-electron chi connectivity index (χ1n) is 6.43. The summed E-state index contributed by atoms with van der Waals surface area (Å²) in [6, 6.07) is 9.14. The molecule has 0 aliphatic rings. The van der Waals surface area contributed by atoms with E-state index in [0.29, 0.717) is 19.4 Å². The highest BCUT2D eigenvalue weighted by Crippen LogP contribution is 2.34. The molecule has 0 bridgehead atoms. The minimum Gasteiger partial charge on any atom is -0.379 e. The molecule has 108 valence electrons. The third kappa shape index (κ3) is 4.84. The summed E-state index contributed by atoms with van der Waals surface area (Å²) in [6.07, 6.45) is -3.90. The zero-order chi connectivity index (χ0) is 14.4. The van der Waals surface area contributed by atoms with E-state index in [0.717, 1.165) is 5.56 Å². The first-order valence-corrected chi connectivity index (χ1v) is 6.43. The predicted octanol–water partition coefficient (Wildman–Crippen LogP) is 3.26. The first kappa shape index (κ1) is 16.0. The molecule has 0 saturated carbocycles. The van der Waals surface area contributed by atoms with Gasteiger partial charge in [0.15, 0.2) is 5.60 Å². The Hall–Kier alpha value is -1.07. The first-order chi connectivity index (χ1) is 8.89. The summed E-state index contributed by atoms with van der Waals surface area (Å²) >= 11 is 0. The summed E-state index contributed by atoms with van der Waals surface area (Å²) in [5, 5.41) is 12.5. The Labute approximate surface area is 111 Å². The van der Waals surface area contributed by atoms with Crippen LogP contribution >= 0.6 is 0 Å². The summed E-state index contributed by atoms with van der Waals surface area (Å²) in [5.74, 6) is 0. The maximum absolute atomic E-state index is 12.9. The zero-order valence-corrected chi connectivity index (χ0v) is 11.0. The largest absolute Gasteiger partial charge is 0.418 e. The van der Waals surface area contributed by atoms with E-state index >= 15 is 0 Å². The van der Waals surface area contributed by atoms with Crippen molar-refractivity contribution in [3.63, 3.8) is 0 Å². The van der Waals surface area contributed by atoms with Gasteiger partial charge in [-0.1, -0.05) is 50.1 Å². The summed E-state index contributed by atoms with van der Waals surface area (Å²) in [5.41, 5.74) is -1.75. The average molecular weight is 275 g/mol. The van der Waals surface area contributed by atoms with Gasteiger partial charge in [0.25, 0.3) is 0 Å². The van der Waals surface area contributed by atoms with Crippen molar-refractivity contribution in [2.24, 2.45) is 0 Å². The normalized spacial score (nSPS) is 15.2. The van der Waals surface area contributed by atoms with Gasteiger partial charge in [-0.2, -0.15) is 13.2 Å². The Balaban J connectivity index is 2.54. The minimum absolute atomic E-state index is 0.269. The standard InChI is InChI=1S/C14H20F3NO/c1-2-3-9-13(19,14(15,16)17)11-18-10-12-7-5-4-6-8-12/h4-8,18-19H,2-3,9-11H2,1H3/t13-/m0/s1. The summed E-state index contributed by atoms with van der Waals surface area (Å²) in [4.78, 5) is 0. The van der Waals surface area contributed by atoms with Gasteiger partial charge >= 0.3 is 6.18 Å². The van der Waals surface area contributed by atoms with Crippen molar-refractivity contribution in [2.75, 3.05) is 6.54 Å².